The van der Waals surface area contributed by atoms with Gasteiger partial charge >= 0.3 is 5.97 Å². The number of aromatic nitrogens is 2. The molecule has 0 spiro atoms. The molecule has 27 heavy (non-hydrogen) atoms. The van der Waals surface area contributed by atoms with E-state index in [0.29, 0.717) is 50.5 Å². The molecule has 7 heteroatoms. The van der Waals surface area contributed by atoms with Crippen LogP contribution in [-0.2, 0) is 9.53 Å². The lowest BCUT2D eigenvalue weighted by atomic mass is 9.97. The van der Waals surface area contributed by atoms with Gasteiger partial charge in [0.25, 0.3) is 5.91 Å². The maximum Gasteiger partial charge on any atom is 0.309 e. The molecular formula is C20H25N3O4. The topological polar surface area (TPSA) is 84.5 Å². The van der Waals surface area contributed by atoms with Gasteiger partial charge in [-0.2, -0.15) is 5.10 Å². The highest BCUT2D eigenvalue weighted by Gasteiger charge is 2.29. The molecule has 1 aromatic heterocycles. The van der Waals surface area contributed by atoms with Crippen LogP contribution in [0.4, 0.5) is 0 Å². The zero-order chi connectivity index (χ0) is 19.2. The Morgan fingerprint density at radius 2 is 1.85 bits per heavy atom. The zero-order valence-corrected chi connectivity index (χ0v) is 15.7. The van der Waals surface area contributed by atoms with Crippen molar-refractivity contribution in [3.8, 4) is 17.0 Å². The van der Waals surface area contributed by atoms with Gasteiger partial charge in [-0.1, -0.05) is 0 Å². The molecule has 1 fully saturated rings. The number of likely N-dealkylation sites (tertiary alicyclic amines) is 1. The van der Waals surface area contributed by atoms with Crippen LogP contribution in [-0.4, -0.2) is 53.3 Å². The number of nitrogens with zero attached hydrogens (tertiary/aromatic N) is 2. The Kier molecular flexibility index (Phi) is 6.11. The van der Waals surface area contributed by atoms with Crippen molar-refractivity contribution in [1.82, 2.24) is 15.1 Å². The Morgan fingerprint density at radius 1 is 1.15 bits per heavy atom. The van der Waals surface area contributed by atoms with Crippen molar-refractivity contribution in [1.29, 1.82) is 0 Å². The molecule has 1 aromatic carbocycles. The normalized spacial score (nSPS) is 14.8. The van der Waals surface area contributed by atoms with Crippen LogP contribution in [0.5, 0.6) is 5.75 Å². The largest absolute Gasteiger partial charge is 0.494 e. The van der Waals surface area contributed by atoms with E-state index in [1.807, 2.05) is 31.2 Å². The summed E-state index contributed by atoms with van der Waals surface area (Å²) in [6.07, 6.45) is 1.26. The maximum atomic E-state index is 12.7. The maximum absolute atomic E-state index is 12.7. The standard InChI is InChI=1S/C20H25N3O4/c1-3-26-16-7-5-14(6-8-16)17-13-18(22-21-17)19(24)23-11-9-15(10-12-23)20(25)27-4-2/h5-8,13,15H,3-4,9-12H2,1-2H3,(H,21,22). The predicted molar refractivity (Wildman–Crippen MR) is 100 cm³/mol. The van der Waals surface area contributed by atoms with Crippen molar-refractivity contribution in [2.24, 2.45) is 5.92 Å². The SMILES string of the molecule is CCOC(=O)C1CCN(C(=O)c2cc(-c3ccc(OCC)cc3)n[nH]2)CC1. The van der Waals surface area contributed by atoms with Gasteiger partial charge in [-0.15, -0.1) is 0 Å². The first-order valence-electron chi connectivity index (χ1n) is 9.37. The molecule has 0 unspecified atom stereocenters. The minimum absolute atomic E-state index is 0.0954. The highest BCUT2D eigenvalue weighted by molar-refractivity contribution is 5.93. The average Bonchev–Trinajstić information content (AvgIpc) is 3.19. The smallest absolute Gasteiger partial charge is 0.309 e. The Labute approximate surface area is 158 Å². The Bertz CT molecular complexity index is 777. The Balaban J connectivity index is 1.61. The molecule has 144 valence electrons. The molecular weight excluding hydrogens is 346 g/mol. The fourth-order valence-electron chi connectivity index (χ4n) is 3.22. The van der Waals surface area contributed by atoms with E-state index >= 15 is 0 Å². The molecule has 0 saturated carbocycles. The van der Waals surface area contributed by atoms with E-state index in [9.17, 15) is 9.59 Å². The van der Waals surface area contributed by atoms with Crippen molar-refractivity contribution >= 4 is 11.9 Å². The molecule has 0 atom stereocenters. The van der Waals surface area contributed by atoms with Gasteiger partial charge in [0.05, 0.1) is 24.8 Å². The number of hydrogen-bond donors (Lipinski definition) is 1. The first-order chi connectivity index (χ1) is 13.1. The molecule has 2 heterocycles. The summed E-state index contributed by atoms with van der Waals surface area (Å²) in [5.41, 5.74) is 2.08. The number of esters is 1. The number of aromatic amines is 1. The summed E-state index contributed by atoms with van der Waals surface area (Å²) in [5.74, 6) is 0.429. The molecule has 0 aliphatic carbocycles. The van der Waals surface area contributed by atoms with E-state index < -0.39 is 0 Å². The van der Waals surface area contributed by atoms with E-state index in [1.54, 1.807) is 17.9 Å². The summed E-state index contributed by atoms with van der Waals surface area (Å²) in [6.45, 7) is 5.83. The lowest BCUT2D eigenvalue weighted by Gasteiger charge is -2.30. The van der Waals surface area contributed by atoms with Gasteiger partial charge in [0.2, 0.25) is 0 Å². The number of nitrogens with one attached hydrogen (secondary N) is 1. The summed E-state index contributed by atoms with van der Waals surface area (Å²) in [7, 11) is 0. The summed E-state index contributed by atoms with van der Waals surface area (Å²) < 4.78 is 10.5. The number of H-pyrrole nitrogens is 1. The fraction of sp³-hybridized carbons (Fsp3) is 0.450. The number of carbonyl (C=O) groups excluding carboxylic acids is 2. The number of benzene rings is 1. The Morgan fingerprint density at radius 3 is 2.48 bits per heavy atom. The zero-order valence-electron chi connectivity index (χ0n) is 15.7. The lowest BCUT2D eigenvalue weighted by Crippen LogP contribution is -2.40. The summed E-state index contributed by atoms with van der Waals surface area (Å²) in [5, 5.41) is 7.09. The van der Waals surface area contributed by atoms with Gasteiger partial charge in [0, 0.05) is 18.7 Å². The molecule has 1 saturated heterocycles. The van der Waals surface area contributed by atoms with Gasteiger partial charge in [-0.05, 0) is 57.0 Å². The van der Waals surface area contributed by atoms with Crippen LogP contribution in [0.2, 0.25) is 0 Å². The average molecular weight is 371 g/mol. The molecule has 1 aliphatic heterocycles. The molecule has 1 aliphatic rings. The van der Waals surface area contributed by atoms with Crippen LogP contribution >= 0.6 is 0 Å². The van der Waals surface area contributed by atoms with Gasteiger partial charge < -0.3 is 14.4 Å². The highest BCUT2D eigenvalue weighted by Crippen LogP contribution is 2.23. The van der Waals surface area contributed by atoms with Gasteiger partial charge in [0.1, 0.15) is 11.4 Å². The second kappa shape index (κ2) is 8.70. The van der Waals surface area contributed by atoms with Crippen LogP contribution in [0.3, 0.4) is 0 Å². The van der Waals surface area contributed by atoms with Gasteiger partial charge in [-0.25, -0.2) is 0 Å². The van der Waals surface area contributed by atoms with Gasteiger partial charge in [-0.3, -0.25) is 14.7 Å². The minimum Gasteiger partial charge on any atom is -0.494 e. The molecule has 7 nitrogen and oxygen atoms in total. The predicted octanol–water partition coefficient (Wildman–Crippen LogP) is 2.89. The summed E-state index contributed by atoms with van der Waals surface area (Å²) in [6, 6.07) is 9.36. The monoisotopic (exact) mass is 371 g/mol. The van der Waals surface area contributed by atoms with Crippen molar-refractivity contribution in [2.45, 2.75) is 26.7 Å². The summed E-state index contributed by atoms with van der Waals surface area (Å²) in [4.78, 5) is 26.3. The molecule has 1 N–H and O–H groups in total. The Hall–Kier alpha value is -2.83. The van der Waals surface area contributed by atoms with Crippen molar-refractivity contribution in [2.75, 3.05) is 26.3 Å². The third-order valence-electron chi connectivity index (χ3n) is 4.67. The second-order valence-corrected chi connectivity index (χ2v) is 6.44. The van der Waals surface area contributed by atoms with E-state index in [4.69, 9.17) is 9.47 Å². The number of hydrogen-bond acceptors (Lipinski definition) is 5. The number of carbonyl (C=O) groups is 2. The lowest BCUT2D eigenvalue weighted by molar-refractivity contribution is -0.149. The third kappa shape index (κ3) is 4.48. The van der Waals surface area contributed by atoms with Crippen molar-refractivity contribution in [3.63, 3.8) is 0 Å². The molecule has 3 rings (SSSR count). The van der Waals surface area contributed by atoms with E-state index in [1.165, 1.54) is 0 Å². The highest BCUT2D eigenvalue weighted by atomic mass is 16.5. The second-order valence-electron chi connectivity index (χ2n) is 6.44. The van der Waals surface area contributed by atoms with Crippen LogP contribution in [0.15, 0.2) is 30.3 Å². The van der Waals surface area contributed by atoms with Crippen LogP contribution < -0.4 is 4.74 Å². The minimum atomic E-state index is -0.163. The third-order valence-corrected chi connectivity index (χ3v) is 4.67. The van der Waals surface area contributed by atoms with Crippen molar-refractivity contribution in [3.05, 3.63) is 36.0 Å². The van der Waals surface area contributed by atoms with Crippen LogP contribution in [0, 0.1) is 5.92 Å². The molecule has 1 amide bonds. The van der Waals surface area contributed by atoms with Crippen molar-refractivity contribution < 1.29 is 19.1 Å². The number of amides is 1. The van der Waals surface area contributed by atoms with E-state index in [2.05, 4.69) is 10.2 Å². The van der Waals surface area contributed by atoms with E-state index in [-0.39, 0.29) is 17.8 Å². The fourth-order valence-corrected chi connectivity index (χ4v) is 3.22. The summed E-state index contributed by atoms with van der Waals surface area (Å²) >= 11 is 0. The molecule has 0 bridgehead atoms. The van der Waals surface area contributed by atoms with E-state index in [0.717, 1.165) is 11.3 Å². The molecule has 2 aromatic rings. The van der Waals surface area contributed by atoms with Crippen LogP contribution in [0.25, 0.3) is 11.3 Å². The number of ether oxygens (including phenoxy) is 2. The quantitative estimate of drug-likeness (QED) is 0.789. The van der Waals surface area contributed by atoms with Crippen LogP contribution in [0.1, 0.15) is 37.2 Å². The van der Waals surface area contributed by atoms with Gasteiger partial charge in [0.15, 0.2) is 0 Å². The number of piperidine rings is 1. The first-order valence-corrected chi connectivity index (χ1v) is 9.37. The first kappa shape index (κ1) is 18.9. The molecule has 0 radical (unpaired) electrons. The number of rotatable bonds is 6.